The summed E-state index contributed by atoms with van der Waals surface area (Å²) in [5, 5.41) is 0. The molecule has 0 radical (unpaired) electrons. The van der Waals surface area contributed by atoms with E-state index in [0.29, 0.717) is 11.5 Å². The summed E-state index contributed by atoms with van der Waals surface area (Å²) in [7, 11) is 0. The van der Waals surface area contributed by atoms with Gasteiger partial charge in [0, 0.05) is 18.6 Å². The van der Waals surface area contributed by atoms with Crippen molar-refractivity contribution in [2.45, 2.75) is 53.1 Å². The minimum absolute atomic E-state index is 0.286. The Morgan fingerprint density at radius 1 is 1.29 bits per heavy atom. The van der Waals surface area contributed by atoms with Gasteiger partial charge in [-0.1, -0.05) is 20.8 Å². The lowest BCUT2D eigenvalue weighted by Crippen LogP contribution is -2.43. The average molecular weight is 198 g/mol. The summed E-state index contributed by atoms with van der Waals surface area (Å²) in [6.45, 7) is 13.8. The summed E-state index contributed by atoms with van der Waals surface area (Å²) in [4.78, 5) is 2.54. The largest absolute Gasteiger partial charge is 0.327 e. The van der Waals surface area contributed by atoms with Crippen molar-refractivity contribution >= 4 is 0 Å². The number of rotatable bonds is 2. The van der Waals surface area contributed by atoms with Crippen LogP contribution in [0, 0.1) is 11.3 Å². The molecule has 1 fully saturated rings. The summed E-state index contributed by atoms with van der Waals surface area (Å²) >= 11 is 0. The lowest BCUT2D eigenvalue weighted by molar-refractivity contribution is 0.189. The molecule has 0 bridgehead atoms. The highest BCUT2D eigenvalue weighted by Gasteiger charge is 2.34. The second-order valence-corrected chi connectivity index (χ2v) is 5.95. The maximum absolute atomic E-state index is 5.93. The van der Waals surface area contributed by atoms with E-state index in [9.17, 15) is 0 Å². The van der Waals surface area contributed by atoms with Gasteiger partial charge in [-0.2, -0.15) is 0 Å². The summed E-state index contributed by atoms with van der Waals surface area (Å²) in [5.41, 5.74) is 6.38. The smallest absolute Gasteiger partial charge is 0.0216 e. The topological polar surface area (TPSA) is 29.3 Å². The molecule has 2 heteroatoms. The molecule has 1 saturated heterocycles. The van der Waals surface area contributed by atoms with Gasteiger partial charge in [0.2, 0.25) is 0 Å². The van der Waals surface area contributed by atoms with Crippen molar-refractivity contribution in [2.24, 2.45) is 17.1 Å². The molecule has 1 aliphatic heterocycles. The third kappa shape index (κ3) is 2.71. The van der Waals surface area contributed by atoms with Gasteiger partial charge in [0.15, 0.2) is 0 Å². The molecule has 2 N–H and O–H groups in total. The van der Waals surface area contributed by atoms with Crippen LogP contribution in [0.1, 0.15) is 41.0 Å². The zero-order valence-corrected chi connectivity index (χ0v) is 10.4. The Bertz CT molecular complexity index is 181. The van der Waals surface area contributed by atoms with Gasteiger partial charge in [-0.15, -0.1) is 0 Å². The summed E-state index contributed by atoms with van der Waals surface area (Å²) in [6, 6.07) is 0.816. The molecular weight excluding hydrogens is 172 g/mol. The SMILES string of the molecule is CC(N)C(C)N1CCC(C(C)(C)C)C1. The van der Waals surface area contributed by atoms with Crippen molar-refractivity contribution in [3.05, 3.63) is 0 Å². The molecule has 1 heterocycles. The molecule has 0 spiro atoms. The van der Waals surface area contributed by atoms with Gasteiger partial charge < -0.3 is 5.73 Å². The van der Waals surface area contributed by atoms with Crippen LogP contribution >= 0.6 is 0 Å². The number of hydrogen-bond acceptors (Lipinski definition) is 2. The number of hydrogen-bond donors (Lipinski definition) is 1. The van der Waals surface area contributed by atoms with Crippen LogP contribution in [-0.2, 0) is 0 Å². The minimum Gasteiger partial charge on any atom is -0.327 e. The maximum Gasteiger partial charge on any atom is 0.0216 e. The van der Waals surface area contributed by atoms with Crippen molar-refractivity contribution in [1.29, 1.82) is 0 Å². The molecule has 0 aromatic carbocycles. The lowest BCUT2D eigenvalue weighted by Gasteiger charge is -2.30. The first-order chi connectivity index (χ1) is 6.32. The van der Waals surface area contributed by atoms with Crippen LogP contribution in [0.25, 0.3) is 0 Å². The third-order valence-electron chi connectivity index (χ3n) is 3.78. The summed E-state index contributed by atoms with van der Waals surface area (Å²) in [6.07, 6.45) is 1.33. The normalized spacial score (nSPS) is 29.1. The second kappa shape index (κ2) is 4.19. The van der Waals surface area contributed by atoms with E-state index in [0.717, 1.165) is 5.92 Å². The maximum atomic E-state index is 5.93. The number of nitrogens with two attached hydrogens (primary N) is 1. The van der Waals surface area contributed by atoms with E-state index in [2.05, 4.69) is 39.5 Å². The molecule has 1 aliphatic rings. The lowest BCUT2D eigenvalue weighted by atomic mass is 9.80. The summed E-state index contributed by atoms with van der Waals surface area (Å²) < 4.78 is 0. The van der Waals surface area contributed by atoms with Crippen molar-refractivity contribution in [2.75, 3.05) is 13.1 Å². The van der Waals surface area contributed by atoms with Gasteiger partial charge in [-0.25, -0.2) is 0 Å². The molecule has 0 aromatic heterocycles. The second-order valence-electron chi connectivity index (χ2n) is 5.95. The molecule has 0 aliphatic carbocycles. The molecule has 3 atom stereocenters. The molecule has 14 heavy (non-hydrogen) atoms. The average Bonchev–Trinajstić information content (AvgIpc) is 2.49. The molecule has 84 valence electrons. The predicted molar refractivity (Wildman–Crippen MR) is 62.2 cm³/mol. The Morgan fingerprint density at radius 2 is 1.86 bits per heavy atom. The molecule has 0 amide bonds. The first-order valence-electron chi connectivity index (χ1n) is 5.82. The fourth-order valence-electron chi connectivity index (χ4n) is 2.20. The van der Waals surface area contributed by atoms with Crippen molar-refractivity contribution in [1.82, 2.24) is 4.90 Å². The van der Waals surface area contributed by atoms with Crippen molar-refractivity contribution in [3.63, 3.8) is 0 Å². The first kappa shape index (κ1) is 12.0. The van der Waals surface area contributed by atoms with Gasteiger partial charge in [-0.3, -0.25) is 4.90 Å². The van der Waals surface area contributed by atoms with Gasteiger partial charge in [0.25, 0.3) is 0 Å². The van der Waals surface area contributed by atoms with E-state index in [1.54, 1.807) is 0 Å². The third-order valence-corrected chi connectivity index (χ3v) is 3.78. The highest BCUT2D eigenvalue weighted by Crippen LogP contribution is 2.34. The van der Waals surface area contributed by atoms with E-state index < -0.39 is 0 Å². The highest BCUT2D eigenvalue weighted by atomic mass is 15.2. The van der Waals surface area contributed by atoms with Crippen LogP contribution in [0.4, 0.5) is 0 Å². The van der Waals surface area contributed by atoms with Gasteiger partial charge >= 0.3 is 0 Å². The number of nitrogens with zero attached hydrogens (tertiary/aromatic N) is 1. The van der Waals surface area contributed by atoms with E-state index in [1.165, 1.54) is 19.5 Å². The van der Waals surface area contributed by atoms with Gasteiger partial charge in [0.05, 0.1) is 0 Å². The van der Waals surface area contributed by atoms with Crippen LogP contribution in [0.3, 0.4) is 0 Å². The van der Waals surface area contributed by atoms with Crippen LogP contribution in [-0.4, -0.2) is 30.1 Å². The molecule has 1 rings (SSSR count). The Labute approximate surface area is 88.8 Å². The monoisotopic (exact) mass is 198 g/mol. The Balaban J connectivity index is 2.49. The van der Waals surface area contributed by atoms with Gasteiger partial charge in [0.1, 0.15) is 0 Å². The van der Waals surface area contributed by atoms with E-state index in [4.69, 9.17) is 5.73 Å². The fraction of sp³-hybridized carbons (Fsp3) is 1.00. The van der Waals surface area contributed by atoms with Crippen molar-refractivity contribution in [3.8, 4) is 0 Å². The highest BCUT2D eigenvalue weighted by molar-refractivity contribution is 4.87. The Kier molecular flexibility index (Phi) is 3.59. The first-order valence-corrected chi connectivity index (χ1v) is 5.82. The standard InChI is InChI=1S/C12H26N2/c1-9(13)10(2)14-7-6-11(8-14)12(3,4)5/h9-11H,6-8,13H2,1-5H3. The van der Waals surface area contributed by atoms with Crippen molar-refractivity contribution < 1.29 is 0 Å². The summed E-state index contributed by atoms with van der Waals surface area (Å²) in [5.74, 6) is 0.837. The van der Waals surface area contributed by atoms with Crippen LogP contribution < -0.4 is 5.73 Å². The molecular formula is C12H26N2. The quantitative estimate of drug-likeness (QED) is 0.736. The van der Waals surface area contributed by atoms with E-state index >= 15 is 0 Å². The zero-order chi connectivity index (χ0) is 10.9. The molecule has 3 unspecified atom stereocenters. The van der Waals surface area contributed by atoms with E-state index in [1.807, 2.05) is 0 Å². The van der Waals surface area contributed by atoms with Crippen LogP contribution in [0.2, 0.25) is 0 Å². The Morgan fingerprint density at radius 3 is 2.21 bits per heavy atom. The Hall–Kier alpha value is -0.0800. The molecule has 2 nitrogen and oxygen atoms in total. The zero-order valence-electron chi connectivity index (χ0n) is 10.4. The van der Waals surface area contributed by atoms with Gasteiger partial charge in [-0.05, 0) is 38.1 Å². The number of likely N-dealkylation sites (tertiary alicyclic amines) is 1. The predicted octanol–water partition coefficient (Wildman–Crippen LogP) is 2.09. The minimum atomic E-state index is 0.286. The molecule has 0 aromatic rings. The molecule has 0 saturated carbocycles. The van der Waals surface area contributed by atoms with Crippen LogP contribution in [0.5, 0.6) is 0 Å². The fourth-order valence-corrected chi connectivity index (χ4v) is 2.20. The van der Waals surface area contributed by atoms with Crippen LogP contribution in [0.15, 0.2) is 0 Å². The van der Waals surface area contributed by atoms with E-state index in [-0.39, 0.29) is 6.04 Å².